The highest BCUT2D eigenvalue weighted by Gasteiger charge is 2.14. The summed E-state index contributed by atoms with van der Waals surface area (Å²) in [4.78, 5) is 11.3. The number of benzene rings is 2. The van der Waals surface area contributed by atoms with Gasteiger partial charge in [0.05, 0.1) is 12.6 Å². The Balaban J connectivity index is 1.31. The molecule has 0 spiro atoms. The van der Waals surface area contributed by atoms with Gasteiger partial charge in [-0.3, -0.25) is 4.79 Å². The molecule has 1 aliphatic rings. The van der Waals surface area contributed by atoms with Crippen molar-refractivity contribution in [1.29, 1.82) is 0 Å². The zero-order chi connectivity index (χ0) is 21.6. The SMILES string of the molecule is CC(=O)NC(C)c1cc2ccc(OCc3ccc(OCC4CCCCC4)cc3)cc2o1. The number of carbonyl (C=O) groups is 1. The Hall–Kier alpha value is -2.95. The normalized spacial score (nSPS) is 15.5. The number of amides is 1. The molecule has 5 heteroatoms. The van der Waals surface area contributed by atoms with Crippen LogP contribution in [-0.4, -0.2) is 12.5 Å². The highest BCUT2D eigenvalue weighted by atomic mass is 16.5. The van der Waals surface area contributed by atoms with Crippen LogP contribution >= 0.6 is 0 Å². The minimum Gasteiger partial charge on any atom is -0.493 e. The first kappa shape index (κ1) is 21.3. The lowest BCUT2D eigenvalue weighted by Crippen LogP contribution is -2.23. The van der Waals surface area contributed by atoms with Gasteiger partial charge in [-0.2, -0.15) is 0 Å². The molecule has 1 N–H and O–H groups in total. The highest BCUT2D eigenvalue weighted by molar-refractivity contribution is 5.80. The molecule has 4 rings (SSSR count). The fraction of sp³-hybridized carbons (Fsp3) is 0.423. The summed E-state index contributed by atoms with van der Waals surface area (Å²) in [5, 5.41) is 3.82. The van der Waals surface area contributed by atoms with Crippen molar-refractivity contribution in [3.8, 4) is 11.5 Å². The summed E-state index contributed by atoms with van der Waals surface area (Å²) in [7, 11) is 0. The van der Waals surface area contributed by atoms with E-state index >= 15 is 0 Å². The number of hydrogen-bond acceptors (Lipinski definition) is 4. The average Bonchev–Trinajstić information content (AvgIpc) is 3.21. The fourth-order valence-corrected chi connectivity index (χ4v) is 4.13. The highest BCUT2D eigenvalue weighted by Crippen LogP contribution is 2.28. The van der Waals surface area contributed by atoms with Crippen LogP contribution in [0.1, 0.15) is 63.3 Å². The van der Waals surface area contributed by atoms with Gasteiger partial charge in [0, 0.05) is 18.4 Å². The quantitative estimate of drug-likeness (QED) is 0.473. The molecule has 1 fully saturated rings. The van der Waals surface area contributed by atoms with Gasteiger partial charge in [0.25, 0.3) is 0 Å². The van der Waals surface area contributed by atoms with Crippen LogP contribution in [-0.2, 0) is 11.4 Å². The molecule has 1 atom stereocenters. The van der Waals surface area contributed by atoms with E-state index in [0.29, 0.717) is 12.5 Å². The Morgan fingerprint density at radius 2 is 1.77 bits per heavy atom. The third kappa shape index (κ3) is 5.81. The number of ether oxygens (including phenoxy) is 2. The van der Waals surface area contributed by atoms with Gasteiger partial charge in [-0.15, -0.1) is 0 Å². The van der Waals surface area contributed by atoms with Gasteiger partial charge in [0.2, 0.25) is 5.91 Å². The lowest BCUT2D eigenvalue weighted by Gasteiger charge is -2.21. The molecule has 2 aromatic carbocycles. The summed E-state index contributed by atoms with van der Waals surface area (Å²) in [6.07, 6.45) is 6.63. The minimum atomic E-state index is -0.173. The van der Waals surface area contributed by atoms with Crippen LogP contribution in [0, 0.1) is 5.92 Å². The number of rotatable bonds is 8. The Morgan fingerprint density at radius 3 is 2.52 bits per heavy atom. The summed E-state index contributed by atoms with van der Waals surface area (Å²) >= 11 is 0. The number of fused-ring (bicyclic) bond motifs is 1. The van der Waals surface area contributed by atoms with Crippen LogP contribution in [0.2, 0.25) is 0 Å². The van der Waals surface area contributed by atoms with Gasteiger partial charge in [-0.05, 0) is 61.6 Å². The Bertz CT molecular complexity index is 1000. The summed E-state index contributed by atoms with van der Waals surface area (Å²) in [6, 6.07) is 15.7. The molecule has 0 radical (unpaired) electrons. The Kier molecular flexibility index (Phi) is 6.80. The molecular weight excluding hydrogens is 390 g/mol. The number of nitrogens with one attached hydrogen (secondary N) is 1. The second kappa shape index (κ2) is 9.90. The summed E-state index contributed by atoms with van der Waals surface area (Å²) in [6.45, 7) is 4.70. The maximum atomic E-state index is 11.3. The van der Waals surface area contributed by atoms with Crippen molar-refractivity contribution >= 4 is 16.9 Å². The molecule has 1 amide bonds. The van der Waals surface area contributed by atoms with Crippen LogP contribution in [0.25, 0.3) is 11.0 Å². The molecule has 1 aromatic heterocycles. The number of carbonyl (C=O) groups excluding carboxylic acids is 1. The van der Waals surface area contributed by atoms with E-state index in [1.165, 1.54) is 39.0 Å². The van der Waals surface area contributed by atoms with E-state index in [1.807, 2.05) is 43.3 Å². The van der Waals surface area contributed by atoms with Crippen LogP contribution in [0.3, 0.4) is 0 Å². The fourth-order valence-electron chi connectivity index (χ4n) is 4.13. The zero-order valence-electron chi connectivity index (χ0n) is 18.4. The first-order valence-corrected chi connectivity index (χ1v) is 11.2. The molecule has 1 unspecified atom stereocenters. The summed E-state index contributed by atoms with van der Waals surface area (Å²) in [5.74, 6) is 3.02. The van der Waals surface area contributed by atoms with Crippen molar-refractivity contribution in [2.75, 3.05) is 6.61 Å². The van der Waals surface area contributed by atoms with Crippen LogP contribution in [0.5, 0.6) is 11.5 Å². The predicted molar refractivity (Wildman–Crippen MR) is 121 cm³/mol. The predicted octanol–water partition coefficient (Wildman–Crippen LogP) is 6.17. The molecule has 3 aromatic rings. The molecule has 0 aliphatic heterocycles. The first-order chi connectivity index (χ1) is 15.1. The van der Waals surface area contributed by atoms with Gasteiger partial charge in [-0.1, -0.05) is 31.4 Å². The monoisotopic (exact) mass is 421 g/mol. The smallest absolute Gasteiger partial charge is 0.217 e. The van der Waals surface area contributed by atoms with Crippen LogP contribution in [0.15, 0.2) is 52.9 Å². The van der Waals surface area contributed by atoms with Gasteiger partial charge in [-0.25, -0.2) is 0 Å². The van der Waals surface area contributed by atoms with Gasteiger partial charge in [0.15, 0.2) is 0 Å². The largest absolute Gasteiger partial charge is 0.493 e. The van der Waals surface area contributed by atoms with Gasteiger partial charge < -0.3 is 19.2 Å². The molecule has 1 heterocycles. The van der Waals surface area contributed by atoms with Crippen molar-refractivity contribution in [3.05, 3.63) is 59.9 Å². The number of hydrogen-bond donors (Lipinski definition) is 1. The minimum absolute atomic E-state index is 0.0811. The van der Waals surface area contributed by atoms with Crippen molar-refractivity contribution in [1.82, 2.24) is 5.32 Å². The van der Waals surface area contributed by atoms with E-state index in [9.17, 15) is 4.79 Å². The van der Waals surface area contributed by atoms with Crippen molar-refractivity contribution < 1.29 is 18.7 Å². The van der Waals surface area contributed by atoms with Gasteiger partial charge >= 0.3 is 0 Å². The zero-order valence-corrected chi connectivity index (χ0v) is 18.4. The van der Waals surface area contributed by atoms with E-state index in [4.69, 9.17) is 13.9 Å². The molecule has 1 saturated carbocycles. The van der Waals surface area contributed by atoms with Crippen LogP contribution < -0.4 is 14.8 Å². The lowest BCUT2D eigenvalue weighted by molar-refractivity contribution is -0.119. The van der Waals surface area contributed by atoms with Crippen molar-refractivity contribution in [2.45, 2.75) is 58.6 Å². The maximum Gasteiger partial charge on any atom is 0.217 e. The third-order valence-electron chi connectivity index (χ3n) is 5.90. The third-order valence-corrected chi connectivity index (χ3v) is 5.90. The maximum absolute atomic E-state index is 11.3. The molecule has 164 valence electrons. The molecule has 31 heavy (non-hydrogen) atoms. The van der Waals surface area contributed by atoms with E-state index < -0.39 is 0 Å². The Labute approximate surface area is 183 Å². The second-order valence-corrected chi connectivity index (χ2v) is 8.52. The molecular formula is C26H31NO4. The Morgan fingerprint density at radius 1 is 1.03 bits per heavy atom. The van der Waals surface area contributed by atoms with Crippen molar-refractivity contribution in [3.63, 3.8) is 0 Å². The molecule has 0 saturated heterocycles. The van der Waals surface area contributed by atoms with Crippen LogP contribution in [0.4, 0.5) is 0 Å². The summed E-state index contributed by atoms with van der Waals surface area (Å²) < 4.78 is 17.8. The van der Waals surface area contributed by atoms with Gasteiger partial charge in [0.1, 0.15) is 29.4 Å². The van der Waals surface area contributed by atoms with Crippen molar-refractivity contribution in [2.24, 2.45) is 5.92 Å². The standard InChI is InChI=1S/C26H31NO4/c1-18(27-19(2)28)25-14-22-10-13-24(15-26(22)31-25)30-17-21-8-11-23(12-9-21)29-16-20-6-4-3-5-7-20/h8-15,18,20H,3-7,16-17H2,1-2H3,(H,27,28). The lowest BCUT2D eigenvalue weighted by atomic mass is 9.90. The van der Waals surface area contributed by atoms with E-state index in [-0.39, 0.29) is 11.9 Å². The molecule has 5 nitrogen and oxygen atoms in total. The second-order valence-electron chi connectivity index (χ2n) is 8.52. The topological polar surface area (TPSA) is 60.7 Å². The molecule has 1 aliphatic carbocycles. The summed E-state index contributed by atoms with van der Waals surface area (Å²) in [5.41, 5.74) is 1.83. The van der Waals surface area contributed by atoms with E-state index in [1.54, 1.807) is 0 Å². The van der Waals surface area contributed by atoms with E-state index in [2.05, 4.69) is 17.4 Å². The number of furan rings is 1. The van der Waals surface area contributed by atoms with E-state index in [0.717, 1.165) is 40.4 Å². The molecule has 0 bridgehead atoms. The first-order valence-electron chi connectivity index (χ1n) is 11.2. The average molecular weight is 422 g/mol.